The summed E-state index contributed by atoms with van der Waals surface area (Å²) in [5, 5.41) is 3.28. The highest BCUT2D eigenvalue weighted by Gasteiger charge is 2.15. The van der Waals surface area contributed by atoms with Gasteiger partial charge in [-0.3, -0.25) is 0 Å². The molecule has 1 aromatic rings. The standard InChI is InChI=1S/C14H22FN/c1-5-12(11(3)16-4)8-13-9-14(15)7-6-10(13)2/h6-7,9,11-12,16H,5,8H2,1-4H3. The molecule has 2 heteroatoms. The van der Waals surface area contributed by atoms with E-state index >= 15 is 0 Å². The van der Waals surface area contributed by atoms with E-state index in [2.05, 4.69) is 19.2 Å². The highest BCUT2D eigenvalue weighted by atomic mass is 19.1. The predicted octanol–water partition coefficient (Wildman–Crippen LogP) is 3.31. The van der Waals surface area contributed by atoms with E-state index < -0.39 is 0 Å². The Bertz CT molecular complexity index is 336. The molecule has 1 nitrogen and oxygen atoms in total. The average Bonchev–Trinajstić information content (AvgIpc) is 2.29. The molecule has 0 amide bonds. The highest BCUT2D eigenvalue weighted by Crippen LogP contribution is 2.19. The second-order valence-electron chi connectivity index (χ2n) is 4.52. The second kappa shape index (κ2) is 6.00. The van der Waals surface area contributed by atoms with Crippen molar-refractivity contribution in [2.24, 2.45) is 5.92 Å². The van der Waals surface area contributed by atoms with Gasteiger partial charge >= 0.3 is 0 Å². The molecule has 0 aliphatic rings. The van der Waals surface area contributed by atoms with E-state index in [1.807, 2.05) is 20.0 Å². The number of benzene rings is 1. The molecule has 2 unspecified atom stereocenters. The molecule has 0 radical (unpaired) electrons. The Morgan fingerprint density at radius 3 is 2.62 bits per heavy atom. The minimum Gasteiger partial charge on any atom is -0.317 e. The molecule has 90 valence electrons. The molecule has 0 aromatic heterocycles. The zero-order valence-corrected chi connectivity index (χ0v) is 10.7. The summed E-state index contributed by atoms with van der Waals surface area (Å²) < 4.78 is 13.2. The normalized spacial score (nSPS) is 14.8. The van der Waals surface area contributed by atoms with Crippen LogP contribution < -0.4 is 5.32 Å². The number of nitrogens with one attached hydrogen (secondary N) is 1. The van der Waals surface area contributed by atoms with Crippen LogP contribution in [0.3, 0.4) is 0 Å². The van der Waals surface area contributed by atoms with Crippen molar-refractivity contribution >= 4 is 0 Å². The predicted molar refractivity (Wildman–Crippen MR) is 67.1 cm³/mol. The molecule has 0 aliphatic carbocycles. The summed E-state index contributed by atoms with van der Waals surface area (Å²) in [6.07, 6.45) is 2.06. The Morgan fingerprint density at radius 2 is 2.06 bits per heavy atom. The van der Waals surface area contributed by atoms with Crippen molar-refractivity contribution in [3.05, 3.63) is 35.1 Å². The third kappa shape index (κ3) is 3.31. The van der Waals surface area contributed by atoms with E-state index in [9.17, 15) is 4.39 Å². The van der Waals surface area contributed by atoms with Gasteiger partial charge in [-0.05, 0) is 56.5 Å². The summed E-state index contributed by atoms with van der Waals surface area (Å²) in [4.78, 5) is 0. The van der Waals surface area contributed by atoms with E-state index in [0.29, 0.717) is 12.0 Å². The van der Waals surface area contributed by atoms with Gasteiger partial charge in [0.05, 0.1) is 0 Å². The second-order valence-corrected chi connectivity index (χ2v) is 4.52. The number of rotatable bonds is 5. The molecule has 1 rings (SSSR count). The fourth-order valence-electron chi connectivity index (χ4n) is 2.05. The van der Waals surface area contributed by atoms with Gasteiger partial charge in [0.15, 0.2) is 0 Å². The van der Waals surface area contributed by atoms with E-state index in [4.69, 9.17) is 0 Å². The largest absolute Gasteiger partial charge is 0.317 e. The van der Waals surface area contributed by atoms with Gasteiger partial charge in [0, 0.05) is 6.04 Å². The lowest BCUT2D eigenvalue weighted by Gasteiger charge is -2.23. The quantitative estimate of drug-likeness (QED) is 0.807. The summed E-state index contributed by atoms with van der Waals surface area (Å²) in [5.41, 5.74) is 2.32. The van der Waals surface area contributed by atoms with Crippen LogP contribution in [0, 0.1) is 18.7 Å². The van der Waals surface area contributed by atoms with Gasteiger partial charge in [-0.1, -0.05) is 19.4 Å². The fourth-order valence-corrected chi connectivity index (χ4v) is 2.05. The highest BCUT2D eigenvalue weighted by molar-refractivity contribution is 5.27. The summed E-state index contributed by atoms with van der Waals surface area (Å²) in [6, 6.07) is 5.52. The maximum absolute atomic E-state index is 13.2. The van der Waals surface area contributed by atoms with Gasteiger partial charge < -0.3 is 5.32 Å². The van der Waals surface area contributed by atoms with Crippen molar-refractivity contribution in [3.63, 3.8) is 0 Å². The van der Waals surface area contributed by atoms with E-state index in [1.54, 1.807) is 6.07 Å². The first-order chi connectivity index (χ1) is 7.58. The van der Waals surface area contributed by atoms with Gasteiger partial charge in [0.2, 0.25) is 0 Å². The van der Waals surface area contributed by atoms with Crippen LogP contribution in [0.5, 0.6) is 0 Å². The van der Waals surface area contributed by atoms with Crippen molar-refractivity contribution < 1.29 is 4.39 Å². The Labute approximate surface area is 98.1 Å². The number of hydrogen-bond acceptors (Lipinski definition) is 1. The van der Waals surface area contributed by atoms with Crippen molar-refractivity contribution in [2.45, 2.75) is 39.7 Å². The molecule has 1 N–H and O–H groups in total. The first-order valence-corrected chi connectivity index (χ1v) is 6.00. The van der Waals surface area contributed by atoms with Crippen molar-refractivity contribution in [1.82, 2.24) is 5.32 Å². The Balaban J connectivity index is 2.81. The monoisotopic (exact) mass is 223 g/mol. The molecule has 2 atom stereocenters. The molecule has 0 spiro atoms. The first kappa shape index (κ1) is 13.2. The third-order valence-corrected chi connectivity index (χ3v) is 3.48. The number of aryl methyl sites for hydroxylation is 1. The molecule has 16 heavy (non-hydrogen) atoms. The van der Waals surface area contributed by atoms with Gasteiger partial charge in [0.1, 0.15) is 5.82 Å². The van der Waals surface area contributed by atoms with Gasteiger partial charge in [-0.15, -0.1) is 0 Å². The van der Waals surface area contributed by atoms with Crippen LogP contribution in [0.1, 0.15) is 31.4 Å². The lowest BCUT2D eigenvalue weighted by atomic mass is 9.89. The van der Waals surface area contributed by atoms with E-state index in [0.717, 1.165) is 18.4 Å². The summed E-state index contributed by atoms with van der Waals surface area (Å²) >= 11 is 0. The maximum Gasteiger partial charge on any atom is 0.123 e. The molecular formula is C14H22FN. The van der Waals surface area contributed by atoms with Crippen LogP contribution in [0.15, 0.2) is 18.2 Å². The molecule has 0 saturated heterocycles. The van der Waals surface area contributed by atoms with Crippen molar-refractivity contribution in [2.75, 3.05) is 7.05 Å². The van der Waals surface area contributed by atoms with Crippen LogP contribution in [0.2, 0.25) is 0 Å². The summed E-state index contributed by atoms with van der Waals surface area (Å²) in [7, 11) is 1.98. The van der Waals surface area contributed by atoms with Gasteiger partial charge in [-0.2, -0.15) is 0 Å². The minimum atomic E-state index is -0.132. The van der Waals surface area contributed by atoms with Crippen LogP contribution in [0.25, 0.3) is 0 Å². The Kier molecular flexibility index (Phi) is 4.94. The number of hydrogen-bond donors (Lipinski definition) is 1. The van der Waals surface area contributed by atoms with Crippen LogP contribution in [0.4, 0.5) is 4.39 Å². The van der Waals surface area contributed by atoms with Crippen LogP contribution >= 0.6 is 0 Å². The van der Waals surface area contributed by atoms with E-state index in [-0.39, 0.29) is 5.82 Å². The lowest BCUT2D eigenvalue weighted by Crippen LogP contribution is -2.31. The SMILES string of the molecule is CCC(Cc1cc(F)ccc1C)C(C)NC. The fraction of sp³-hybridized carbons (Fsp3) is 0.571. The van der Waals surface area contributed by atoms with Crippen LogP contribution in [-0.4, -0.2) is 13.1 Å². The first-order valence-electron chi connectivity index (χ1n) is 6.00. The zero-order valence-electron chi connectivity index (χ0n) is 10.7. The summed E-state index contributed by atoms with van der Waals surface area (Å²) in [6.45, 7) is 6.42. The summed E-state index contributed by atoms with van der Waals surface area (Å²) in [5.74, 6) is 0.429. The Morgan fingerprint density at radius 1 is 1.38 bits per heavy atom. The Hall–Kier alpha value is -0.890. The lowest BCUT2D eigenvalue weighted by molar-refractivity contribution is 0.380. The van der Waals surface area contributed by atoms with E-state index in [1.165, 1.54) is 11.6 Å². The molecule has 0 fully saturated rings. The minimum absolute atomic E-state index is 0.132. The van der Waals surface area contributed by atoms with Crippen molar-refractivity contribution in [1.29, 1.82) is 0 Å². The van der Waals surface area contributed by atoms with Gasteiger partial charge in [-0.25, -0.2) is 4.39 Å². The zero-order chi connectivity index (χ0) is 12.1. The number of halogens is 1. The van der Waals surface area contributed by atoms with Gasteiger partial charge in [0.25, 0.3) is 0 Å². The smallest absolute Gasteiger partial charge is 0.123 e. The van der Waals surface area contributed by atoms with Crippen molar-refractivity contribution in [3.8, 4) is 0 Å². The molecule has 0 heterocycles. The molecular weight excluding hydrogens is 201 g/mol. The molecule has 0 aliphatic heterocycles. The van der Waals surface area contributed by atoms with Crippen LogP contribution in [-0.2, 0) is 6.42 Å². The topological polar surface area (TPSA) is 12.0 Å². The molecule has 1 aromatic carbocycles. The molecule has 0 bridgehead atoms. The molecule has 0 saturated carbocycles. The maximum atomic E-state index is 13.2. The average molecular weight is 223 g/mol. The third-order valence-electron chi connectivity index (χ3n) is 3.48.